The van der Waals surface area contributed by atoms with Crippen LogP contribution in [0.3, 0.4) is 0 Å². The zero-order valence-corrected chi connectivity index (χ0v) is 42.8. The van der Waals surface area contributed by atoms with E-state index in [0.29, 0.717) is 19.3 Å². The molecule has 0 aromatic heterocycles. The number of carbonyl (C=O) groups is 3. The molecule has 0 rings (SSSR count). The van der Waals surface area contributed by atoms with Crippen LogP contribution in [0.5, 0.6) is 0 Å². The summed E-state index contributed by atoms with van der Waals surface area (Å²) in [4.78, 5) is 38.0. The fraction of sp³-hybridized carbons (Fsp3) is 0.845. The Bertz CT molecular complexity index is 1080. The van der Waals surface area contributed by atoms with E-state index in [4.69, 9.17) is 14.2 Å². The molecule has 0 fully saturated rings. The van der Waals surface area contributed by atoms with Gasteiger partial charge in [-0.1, -0.05) is 263 Å². The van der Waals surface area contributed by atoms with Gasteiger partial charge in [0.05, 0.1) is 0 Å². The molecule has 1 atom stereocenters. The van der Waals surface area contributed by atoms with Crippen molar-refractivity contribution in [3.63, 3.8) is 0 Å². The summed E-state index contributed by atoms with van der Waals surface area (Å²) in [5.41, 5.74) is 0. The summed E-state index contributed by atoms with van der Waals surface area (Å²) in [7, 11) is 0. The minimum Gasteiger partial charge on any atom is -0.462 e. The number of ether oxygens (including phenoxy) is 3. The molecule has 0 N–H and O–H groups in total. The van der Waals surface area contributed by atoms with Gasteiger partial charge < -0.3 is 14.2 Å². The largest absolute Gasteiger partial charge is 0.462 e. The Morgan fingerprint density at radius 2 is 0.609 bits per heavy atom. The molecule has 0 bridgehead atoms. The zero-order chi connectivity index (χ0) is 46.5. The Morgan fingerprint density at radius 3 is 0.953 bits per heavy atom. The molecule has 64 heavy (non-hydrogen) atoms. The average molecular weight is 899 g/mol. The molecular formula is C58H106O6. The van der Waals surface area contributed by atoms with Crippen LogP contribution >= 0.6 is 0 Å². The van der Waals surface area contributed by atoms with E-state index < -0.39 is 6.10 Å². The Hall–Kier alpha value is -2.37. The van der Waals surface area contributed by atoms with Gasteiger partial charge in [0.25, 0.3) is 0 Å². The van der Waals surface area contributed by atoms with Crippen LogP contribution < -0.4 is 0 Å². The molecule has 0 spiro atoms. The third-order valence-corrected chi connectivity index (χ3v) is 12.4. The maximum Gasteiger partial charge on any atom is 0.306 e. The van der Waals surface area contributed by atoms with Crippen molar-refractivity contribution >= 4 is 17.9 Å². The zero-order valence-electron chi connectivity index (χ0n) is 42.8. The number of hydrogen-bond acceptors (Lipinski definition) is 6. The van der Waals surface area contributed by atoms with Crippen LogP contribution in [0.25, 0.3) is 0 Å². The molecule has 0 aliphatic heterocycles. The van der Waals surface area contributed by atoms with Crippen molar-refractivity contribution in [2.24, 2.45) is 0 Å². The van der Waals surface area contributed by atoms with Gasteiger partial charge in [0.1, 0.15) is 13.2 Å². The molecule has 0 aromatic carbocycles. The van der Waals surface area contributed by atoms with E-state index in [9.17, 15) is 14.4 Å². The molecule has 0 amide bonds. The average Bonchev–Trinajstić information content (AvgIpc) is 3.29. The second-order valence-electron chi connectivity index (χ2n) is 18.8. The predicted octanol–water partition coefficient (Wildman–Crippen LogP) is 18.5. The molecule has 374 valence electrons. The number of esters is 3. The summed E-state index contributed by atoms with van der Waals surface area (Å²) in [5, 5.41) is 0. The van der Waals surface area contributed by atoms with Crippen LogP contribution in [0.15, 0.2) is 36.5 Å². The van der Waals surface area contributed by atoms with Crippen molar-refractivity contribution in [3.8, 4) is 0 Å². The smallest absolute Gasteiger partial charge is 0.306 e. The summed E-state index contributed by atoms with van der Waals surface area (Å²) in [6, 6.07) is 0. The van der Waals surface area contributed by atoms with Crippen molar-refractivity contribution in [2.75, 3.05) is 13.2 Å². The number of hydrogen-bond donors (Lipinski definition) is 0. The van der Waals surface area contributed by atoms with E-state index >= 15 is 0 Å². The van der Waals surface area contributed by atoms with Gasteiger partial charge in [-0.2, -0.15) is 0 Å². The third-order valence-electron chi connectivity index (χ3n) is 12.4. The number of rotatable bonds is 51. The van der Waals surface area contributed by atoms with Gasteiger partial charge in [-0.05, 0) is 51.4 Å². The summed E-state index contributed by atoms with van der Waals surface area (Å²) >= 11 is 0. The Kier molecular flexibility index (Phi) is 51.3. The lowest BCUT2D eigenvalue weighted by Gasteiger charge is -2.18. The molecule has 0 aliphatic rings. The first-order valence-corrected chi connectivity index (χ1v) is 28.0. The second-order valence-corrected chi connectivity index (χ2v) is 18.8. The first-order chi connectivity index (χ1) is 31.5. The van der Waals surface area contributed by atoms with E-state index in [-0.39, 0.29) is 31.1 Å². The Balaban J connectivity index is 4.30. The molecular weight excluding hydrogens is 793 g/mol. The highest BCUT2D eigenvalue weighted by Gasteiger charge is 2.19. The molecule has 0 heterocycles. The summed E-state index contributed by atoms with van der Waals surface area (Å²) in [6.07, 6.45) is 62.8. The lowest BCUT2D eigenvalue weighted by molar-refractivity contribution is -0.167. The van der Waals surface area contributed by atoms with Gasteiger partial charge >= 0.3 is 17.9 Å². The maximum atomic E-state index is 12.8. The van der Waals surface area contributed by atoms with E-state index in [1.165, 1.54) is 173 Å². The number of allylic oxidation sites excluding steroid dienone is 6. The minimum absolute atomic E-state index is 0.0730. The standard InChI is InChI=1S/C58H106O6/c1-4-7-10-13-16-19-22-24-26-28-29-30-32-33-36-39-42-45-48-51-57(60)63-54-55(53-62-56(59)50-47-44-41-38-35-21-18-15-12-9-6-3)64-58(61)52-49-46-43-40-37-34-31-27-25-23-20-17-14-11-8-5-2/h8,11,17,20,25,27,55H,4-7,9-10,12-16,18-19,21-24,26,28-54H2,1-3H3/b11-8-,20-17-,27-25-. The number of unbranched alkanes of at least 4 members (excludes halogenated alkanes) is 34. The van der Waals surface area contributed by atoms with Crippen molar-refractivity contribution in [1.29, 1.82) is 0 Å². The third kappa shape index (κ3) is 50.6. The van der Waals surface area contributed by atoms with Crippen LogP contribution in [0.4, 0.5) is 0 Å². The van der Waals surface area contributed by atoms with Crippen molar-refractivity contribution in [1.82, 2.24) is 0 Å². The minimum atomic E-state index is -0.774. The number of carbonyl (C=O) groups excluding carboxylic acids is 3. The quantitative estimate of drug-likeness (QED) is 0.0262. The highest BCUT2D eigenvalue weighted by molar-refractivity contribution is 5.71. The monoisotopic (exact) mass is 899 g/mol. The van der Waals surface area contributed by atoms with Gasteiger partial charge in [0.15, 0.2) is 6.10 Å². The second kappa shape index (κ2) is 53.2. The predicted molar refractivity (Wildman–Crippen MR) is 275 cm³/mol. The highest BCUT2D eigenvalue weighted by atomic mass is 16.6. The summed E-state index contributed by atoms with van der Waals surface area (Å²) < 4.78 is 16.8. The van der Waals surface area contributed by atoms with E-state index in [2.05, 4.69) is 57.2 Å². The lowest BCUT2D eigenvalue weighted by Crippen LogP contribution is -2.30. The molecule has 6 heteroatoms. The molecule has 0 saturated heterocycles. The van der Waals surface area contributed by atoms with Crippen LogP contribution in [0.2, 0.25) is 0 Å². The van der Waals surface area contributed by atoms with Crippen LogP contribution in [0.1, 0.15) is 297 Å². The van der Waals surface area contributed by atoms with E-state index in [0.717, 1.165) is 83.5 Å². The molecule has 0 radical (unpaired) electrons. The Morgan fingerprint density at radius 1 is 0.328 bits per heavy atom. The topological polar surface area (TPSA) is 78.9 Å². The van der Waals surface area contributed by atoms with E-state index in [1.807, 2.05) is 0 Å². The summed E-state index contributed by atoms with van der Waals surface area (Å²) in [6.45, 7) is 6.55. The first kappa shape index (κ1) is 61.6. The molecule has 6 nitrogen and oxygen atoms in total. The van der Waals surface area contributed by atoms with Gasteiger partial charge in [0, 0.05) is 19.3 Å². The van der Waals surface area contributed by atoms with Crippen molar-refractivity contribution < 1.29 is 28.6 Å². The fourth-order valence-corrected chi connectivity index (χ4v) is 8.22. The molecule has 0 saturated carbocycles. The lowest BCUT2D eigenvalue weighted by atomic mass is 10.0. The van der Waals surface area contributed by atoms with Gasteiger partial charge in [-0.25, -0.2) is 0 Å². The van der Waals surface area contributed by atoms with Gasteiger partial charge in [0.2, 0.25) is 0 Å². The molecule has 0 aromatic rings. The van der Waals surface area contributed by atoms with Crippen molar-refractivity contribution in [2.45, 2.75) is 303 Å². The Labute approximate surface area is 397 Å². The fourth-order valence-electron chi connectivity index (χ4n) is 8.22. The normalized spacial score (nSPS) is 12.2. The van der Waals surface area contributed by atoms with Crippen molar-refractivity contribution in [3.05, 3.63) is 36.5 Å². The SMILES string of the molecule is CC/C=C\C/C=C\C/C=C\CCCCCCCCC(=O)OC(COC(=O)CCCCCCCCCCCCC)COC(=O)CCCCCCCCCCCCCCCCCCCCC. The van der Waals surface area contributed by atoms with Crippen LogP contribution in [-0.4, -0.2) is 37.2 Å². The molecule has 1 unspecified atom stereocenters. The van der Waals surface area contributed by atoms with Gasteiger partial charge in [-0.3, -0.25) is 14.4 Å². The first-order valence-electron chi connectivity index (χ1n) is 28.0. The summed E-state index contributed by atoms with van der Waals surface area (Å²) in [5.74, 6) is -0.870. The highest BCUT2D eigenvalue weighted by Crippen LogP contribution is 2.17. The molecule has 0 aliphatic carbocycles. The van der Waals surface area contributed by atoms with E-state index in [1.54, 1.807) is 0 Å². The van der Waals surface area contributed by atoms with Gasteiger partial charge in [-0.15, -0.1) is 0 Å². The van der Waals surface area contributed by atoms with Crippen LogP contribution in [-0.2, 0) is 28.6 Å². The maximum absolute atomic E-state index is 12.8. The van der Waals surface area contributed by atoms with Crippen LogP contribution in [0, 0.1) is 0 Å².